The number of ether oxygens (including phenoxy) is 1. The summed E-state index contributed by atoms with van der Waals surface area (Å²) in [4.78, 5) is -0.276. The van der Waals surface area contributed by atoms with Gasteiger partial charge in [-0.05, 0) is 26.1 Å². The maximum Gasteiger partial charge on any atom is 0.240 e. The first kappa shape index (κ1) is 18.7. The predicted molar refractivity (Wildman–Crippen MR) is 87.3 cm³/mol. The van der Waals surface area contributed by atoms with E-state index in [0.717, 1.165) is 25.1 Å². The summed E-state index contributed by atoms with van der Waals surface area (Å²) in [7, 11) is -2.77. The van der Waals surface area contributed by atoms with Crippen LogP contribution in [0.5, 0.6) is 11.5 Å². The number of hydrogen-bond donors (Lipinski definition) is 2. The fourth-order valence-electron chi connectivity index (χ4n) is 3.00. The Morgan fingerprint density at radius 3 is 2.42 bits per heavy atom. The number of rotatable bonds is 4. The highest BCUT2D eigenvalue weighted by Crippen LogP contribution is 2.48. The molecule has 26 heavy (non-hydrogen) atoms. The molecule has 0 radical (unpaired) electrons. The molecule has 0 amide bonds. The first-order valence-electron chi connectivity index (χ1n) is 7.65. The van der Waals surface area contributed by atoms with Crippen molar-refractivity contribution in [2.24, 2.45) is 0 Å². The maximum absolute atomic E-state index is 14.7. The second-order valence-corrected chi connectivity index (χ2v) is 8.08. The molecule has 140 valence electrons. The molecule has 3 rings (SSSR count). The van der Waals surface area contributed by atoms with Crippen LogP contribution in [0, 0.1) is 11.6 Å². The van der Waals surface area contributed by atoms with Crippen LogP contribution in [-0.4, -0.2) is 26.2 Å². The zero-order chi connectivity index (χ0) is 19.3. The van der Waals surface area contributed by atoms with Crippen LogP contribution in [-0.2, 0) is 16.4 Å². The highest BCUT2D eigenvalue weighted by molar-refractivity contribution is 7.89. The SMILES string of the molecule is CNS(=O)(=O)c1ccc(Oc2cc(F)cc(F)c2)c2c1C(O)C(C)(F)C2. The summed E-state index contributed by atoms with van der Waals surface area (Å²) in [6.45, 7) is 1.14. The summed E-state index contributed by atoms with van der Waals surface area (Å²) >= 11 is 0. The Morgan fingerprint density at radius 1 is 1.23 bits per heavy atom. The van der Waals surface area contributed by atoms with Crippen molar-refractivity contribution >= 4 is 10.0 Å². The molecule has 2 aromatic rings. The third-order valence-electron chi connectivity index (χ3n) is 4.26. The maximum atomic E-state index is 14.7. The standard InChI is InChI=1S/C17H16F3NO4S/c1-17(20)8-12-13(25-11-6-9(18)5-10(19)7-11)3-4-14(15(12)16(17)22)26(23,24)21-2/h3-7,16,21-22H,8H2,1-2H3. The third-order valence-corrected chi connectivity index (χ3v) is 5.73. The van der Waals surface area contributed by atoms with Gasteiger partial charge in [0.05, 0.1) is 4.90 Å². The molecular weight excluding hydrogens is 371 g/mol. The van der Waals surface area contributed by atoms with Crippen molar-refractivity contribution in [3.8, 4) is 11.5 Å². The van der Waals surface area contributed by atoms with Gasteiger partial charge in [0.15, 0.2) is 0 Å². The van der Waals surface area contributed by atoms with Gasteiger partial charge in [0.25, 0.3) is 0 Å². The van der Waals surface area contributed by atoms with Crippen molar-refractivity contribution in [3.63, 3.8) is 0 Å². The lowest BCUT2D eigenvalue weighted by atomic mass is 10.0. The smallest absolute Gasteiger partial charge is 0.240 e. The zero-order valence-corrected chi connectivity index (χ0v) is 14.7. The summed E-state index contributed by atoms with van der Waals surface area (Å²) in [5.74, 6) is -1.88. The van der Waals surface area contributed by atoms with E-state index in [4.69, 9.17) is 4.74 Å². The minimum Gasteiger partial charge on any atom is -0.457 e. The van der Waals surface area contributed by atoms with E-state index >= 15 is 0 Å². The van der Waals surface area contributed by atoms with E-state index in [-0.39, 0.29) is 33.9 Å². The number of hydrogen-bond acceptors (Lipinski definition) is 4. The van der Waals surface area contributed by atoms with Gasteiger partial charge in [0.2, 0.25) is 10.0 Å². The van der Waals surface area contributed by atoms with Crippen molar-refractivity contribution in [2.75, 3.05) is 7.05 Å². The normalized spacial score (nSPS) is 22.3. The van der Waals surface area contributed by atoms with Gasteiger partial charge in [-0.3, -0.25) is 0 Å². The number of sulfonamides is 1. The van der Waals surface area contributed by atoms with Crippen LogP contribution in [0.25, 0.3) is 0 Å². The number of aliphatic hydroxyl groups excluding tert-OH is 1. The number of nitrogens with one attached hydrogen (secondary N) is 1. The Hall–Kier alpha value is -2.10. The Kier molecular flexibility index (Phi) is 4.50. The number of halogens is 3. The molecule has 0 aromatic heterocycles. The van der Waals surface area contributed by atoms with Crippen molar-refractivity contribution < 1.29 is 31.4 Å². The summed E-state index contributed by atoms with van der Waals surface area (Å²) in [6.07, 6.45) is -2.01. The van der Waals surface area contributed by atoms with E-state index < -0.39 is 33.4 Å². The van der Waals surface area contributed by atoms with Crippen molar-refractivity contribution in [1.29, 1.82) is 0 Å². The molecule has 0 heterocycles. The van der Waals surface area contributed by atoms with E-state index in [9.17, 15) is 26.7 Å². The Morgan fingerprint density at radius 2 is 1.85 bits per heavy atom. The fraction of sp³-hybridized carbons (Fsp3) is 0.294. The van der Waals surface area contributed by atoms with E-state index in [2.05, 4.69) is 4.72 Å². The molecule has 0 fully saturated rings. The van der Waals surface area contributed by atoms with Gasteiger partial charge >= 0.3 is 0 Å². The molecular formula is C17H16F3NO4S. The molecule has 2 aromatic carbocycles. The fourth-order valence-corrected chi connectivity index (χ4v) is 3.99. The van der Waals surface area contributed by atoms with Gasteiger partial charge in [-0.1, -0.05) is 0 Å². The molecule has 1 aliphatic rings. The molecule has 2 unspecified atom stereocenters. The lowest BCUT2D eigenvalue weighted by Gasteiger charge is -2.19. The van der Waals surface area contributed by atoms with Crippen LogP contribution in [0.15, 0.2) is 35.2 Å². The first-order valence-corrected chi connectivity index (χ1v) is 9.14. The monoisotopic (exact) mass is 387 g/mol. The minimum absolute atomic E-state index is 0.0143. The average molecular weight is 387 g/mol. The molecule has 2 N–H and O–H groups in total. The summed E-state index contributed by atoms with van der Waals surface area (Å²) in [5, 5.41) is 10.3. The van der Waals surface area contributed by atoms with Crippen LogP contribution in [0.2, 0.25) is 0 Å². The summed E-state index contributed by atoms with van der Waals surface area (Å²) in [5.41, 5.74) is -2.12. The van der Waals surface area contributed by atoms with Crippen LogP contribution in [0.4, 0.5) is 13.2 Å². The largest absolute Gasteiger partial charge is 0.457 e. The van der Waals surface area contributed by atoms with E-state index in [0.29, 0.717) is 6.07 Å². The van der Waals surface area contributed by atoms with Gasteiger partial charge in [-0.25, -0.2) is 26.3 Å². The quantitative estimate of drug-likeness (QED) is 0.846. The lowest BCUT2D eigenvalue weighted by Crippen LogP contribution is -2.25. The van der Waals surface area contributed by atoms with Gasteiger partial charge in [0.1, 0.15) is 34.9 Å². The van der Waals surface area contributed by atoms with Crippen LogP contribution >= 0.6 is 0 Å². The topological polar surface area (TPSA) is 75.6 Å². The first-order chi connectivity index (χ1) is 12.0. The molecule has 1 aliphatic carbocycles. The molecule has 0 saturated carbocycles. The lowest BCUT2D eigenvalue weighted by molar-refractivity contribution is 0.0166. The van der Waals surface area contributed by atoms with Gasteiger partial charge in [-0.15, -0.1) is 0 Å². The van der Waals surface area contributed by atoms with Crippen LogP contribution in [0.3, 0.4) is 0 Å². The van der Waals surface area contributed by atoms with Gasteiger partial charge in [0, 0.05) is 35.7 Å². The Labute approximate surface area is 148 Å². The molecule has 9 heteroatoms. The van der Waals surface area contributed by atoms with Crippen molar-refractivity contribution in [2.45, 2.75) is 30.0 Å². The minimum atomic E-state index is -3.96. The predicted octanol–water partition coefficient (Wildman–Crippen LogP) is 2.98. The molecule has 0 saturated heterocycles. The van der Waals surface area contributed by atoms with E-state index in [1.165, 1.54) is 13.1 Å². The number of aliphatic hydroxyl groups is 1. The van der Waals surface area contributed by atoms with Gasteiger partial charge < -0.3 is 9.84 Å². The average Bonchev–Trinajstić information content (AvgIpc) is 2.77. The molecule has 0 aliphatic heterocycles. The zero-order valence-electron chi connectivity index (χ0n) is 13.9. The highest BCUT2D eigenvalue weighted by Gasteiger charge is 2.46. The van der Waals surface area contributed by atoms with Crippen molar-refractivity contribution in [3.05, 3.63) is 53.1 Å². The molecule has 2 atom stereocenters. The third kappa shape index (κ3) is 3.17. The Bertz CT molecular complexity index is 956. The number of alkyl halides is 1. The number of fused-ring (bicyclic) bond motifs is 1. The highest BCUT2D eigenvalue weighted by atomic mass is 32.2. The van der Waals surface area contributed by atoms with Gasteiger partial charge in [-0.2, -0.15) is 0 Å². The van der Waals surface area contributed by atoms with Crippen LogP contribution < -0.4 is 9.46 Å². The van der Waals surface area contributed by atoms with E-state index in [1.807, 2.05) is 0 Å². The van der Waals surface area contributed by atoms with Crippen LogP contribution in [0.1, 0.15) is 24.2 Å². The number of benzene rings is 2. The van der Waals surface area contributed by atoms with Crippen molar-refractivity contribution in [1.82, 2.24) is 4.72 Å². The second-order valence-electron chi connectivity index (χ2n) is 6.23. The molecule has 0 bridgehead atoms. The summed E-state index contributed by atoms with van der Waals surface area (Å²) in [6, 6.07) is 4.96. The molecule has 5 nitrogen and oxygen atoms in total. The second kappa shape index (κ2) is 6.26. The summed E-state index contributed by atoms with van der Waals surface area (Å²) < 4.78 is 73.3. The van der Waals surface area contributed by atoms with E-state index in [1.54, 1.807) is 0 Å². The molecule has 0 spiro atoms. The Balaban J connectivity index is 2.15.